The van der Waals surface area contributed by atoms with Gasteiger partial charge in [0.2, 0.25) is 0 Å². The summed E-state index contributed by atoms with van der Waals surface area (Å²) in [5.74, 6) is -0.299. The van der Waals surface area contributed by atoms with E-state index in [1.54, 1.807) is 31.2 Å². The molecule has 0 fully saturated rings. The average Bonchev–Trinajstić information content (AvgIpc) is 2.43. The summed E-state index contributed by atoms with van der Waals surface area (Å²) in [6, 6.07) is 9.00. The van der Waals surface area contributed by atoms with Gasteiger partial charge in [0, 0.05) is 11.6 Å². The van der Waals surface area contributed by atoms with Gasteiger partial charge < -0.3 is 15.8 Å². The SMILES string of the molecule is COc1ccc(N)c(NC(=O)c2cc(F)ccc2C)c1. The van der Waals surface area contributed by atoms with E-state index in [9.17, 15) is 9.18 Å². The topological polar surface area (TPSA) is 64.3 Å². The lowest BCUT2D eigenvalue weighted by atomic mass is 10.1. The van der Waals surface area contributed by atoms with Crippen molar-refractivity contribution in [3.63, 3.8) is 0 Å². The minimum absolute atomic E-state index is 0.271. The third kappa shape index (κ3) is 2.88. The summed E-state index contributed by atoms with van der Waals surface area (Å²) in [6.07, 6.45) is 0. The molecular formula is C15H15FN2O2. The summed E-state index contributed by atoms with van der Waals surface area (Å²) in [7, 11) is 1.52. The zero-order valence-corrected chi connectivity index (χ0v) is 11.2. The number of ether oxygens (including phenoxy) is 1. The summed E-state index contributed by atoms with van der Waals surface area (Å²) in [5.41, 5.74) is 7.59. The number of nitrogen functional groups attached to an aromatic ring is 1. The number of amides is 1. The molecule has 0 spiro atoms. The van der Waals surface area contributed by atoms with Gasteiger partial charge in [-0.25, -0.2) is 4.39 Å². The van der Waals surface area contributed by atoms with Gasteiger partial charge in [-0.15, -0.1) is 0 Å². The lowest BCUT2D eigenvalue weighted by Crippen LogP contribution is -2.15. The Bertz CT molecular complexity index is 656. The number of methoxy groups -OCH3 is 1. The third-order valence-corrected chi connectivity index (χ3v) is 2.95. The van der Waals surface area contributed by atoms with Crippen LogP contribution in [0.15, 0.2) is 36.4 Å². The molecule has 0 heterocycles. The van der Waals surface area contributed by atoms with Crippen molar-refractivity contribution in [2.75, 3.05) is 18.2 Å². The number of carbonyl (C=O) groups is 1. The van der Waals surface area contributed by atoms with Crippen molar-refractivity contribution in [2.24, 2.45) is 0 Å². The van der Waals surface area contributed by atoms with Crippen LogP contribution in [0, 0.1) is 12.7 Å². The number of rotatable bonds is 3. The fraction of sp³-hybridized carbons (Fsp3) is 0.133. The second-order valence-corrected chi connectivity index (χ2v) is 4.37. The predicted molar refractivity (Wildman–Crippen MR) is 76.5 cm³/mol. The molecule has 3 N–H and O–H groups in total. The standard InChI is InChI=1S/C15H15FN2O2/c1-9-3-4-10(16)7-12(9)15(19)18-14-8-11(20-2)5-6-13(14)17/h3-8H,17H2,1-2H3,(H,18,19). The molecule has 0 saturated carbocycles. The number of carbonyl (C=O) groups excluding carboxylic acids is 1. The number of anilines is 2. The molecule has 0 aliphatic carbocycles. The van der Waals surface area contributed by atoms with Gasteiger partial charge >= 0.3 is 0 Å². The highest BCUT2D eigenvalue weighted by atomic mass is 19.1. The molecule has 1 amide bonds. The molecule has 0 radical (unpaired) electrons. The first-order valence-corrected chi connectivity index (χ1v) is 6.02. The van der Waals surface area contributed by atoms with E-state index < -0.39 is 11.7 Å². The summed E-state index contributed by atoms with van der Waals surface area (Å²) >= 11 is 0. The molecule has 104 valence electrons. The second kappa shape index (κ2) is 5.61. The Hall–Kier alpha value is -2.56. The number of halogens is 1. The maximum absolute atomic E-state index is 13.2. The molecular weight excluding hydrogens is 259 g/mol. The van der Waals surface area contributed by atoms with Crippen LogP contribution in [0.3, 0.4) is 0 Å². The monoisotopic (exact) mass is 274 g/mol. The van der Waals surface area contributed by atoms with Crippen LogP contribution in [-0.4, -0.2) is 13.0 Å². The molecule has 0 bridgehead atoms. The Morgan fingerprint density at radius 1 is 1.25 bits per heavy atom. The molecule has 4 nitrogen and oxygen atoms in total. The van der Waals surface area contributed by atoms with Crippen LogP contribution < -0.4 is 15.8 Å². The van der Waals surface area contributed by atoms with E-state index in [4.69, 9.17) is 10.5 Å². The highest BCUT2D eigenvalue weighted by Gasteiger charge is 2.12. The van der Waals surface area contributed by atoms with Crippen molar-refractivity contribution >= 4 is 17.3 Å². The lowest BCUT2D eigenvalue weighted by Gasteiger charge is -2.11. The minimum atomic E-state index is -0.459. The Balaban J connectivity index is 2.30. The normalized spacial score (nSPS) is 10.2. The quantitative estimate of drug-likeness (QED) is 0.846. The predicted octanol–water partition coefficient (Wildman–Crippen LogP) is 2.98. The maximum Gasteiger partial charge on any atom is 0.256 e. The van der Waals surface area contributed by atoms with E-state index in [1.807, 2.05) is 0 Å². The van der Waals surface area contributed by atoms with Gasteiger partial charge in [0.25, 0.3) is 5.91 Å². The van der Waals surface area contributed by atoms with Crippen LogP contribution in [0.1, 0.15) is 15.9 Å². The molecule has 0 saturated heterocycles. The van der Waals surface area contributed by atoms with E-state index in [0.29, 0.717) is 22.7 Å². The van der Waals surface area contributed by atoms with Crippen molar-refractivity contribution in [1.82, 2.24) is 0 Å². The summed E-state index contributed by atoms with van der Waals surface area (Å²) in [4.78, 5) is 12.2. The van der Waals surface area contributed by atoms with Gasteiger partial charge in [0.1, 0.15) is 11.6 Å². The molecule has 2 aromatic carbocycles. The van der Waals surface area contributed by atoms with Crippen molar-refractivity contribution in [3.05, 3.63) is 53.3 Å². The highest BCUT2D eigenvalue weighted by Crippen LogP contribution is 2.25. The second-order valence-electron chi connectivity index (χ2n) is 4.37. The number of nitrogens with one attached hydrogen (secondary N) is 1. The third-order valence-electron chi connectivity index (χ3n) is 2.95. The Morgan fingerprint density at radius 3 is 2.70 bits per heavy atom. The molecule has 0 aromatic heterocycles. The summed E-state index contributed by atoms with van der Waals surface area (Å²) in [5, 5.41) is 2.66. The van der Waals surface area contributed by atoms with E-state index in [2.05, 4.69) is 5.32 Å². The lowest BCUT2D eigenvalue weighted by molar-refractivity contribution is 0.102. The first-order valence-electron chi connectivity index (χ1n) is 6.02. The van der Waals surface area contributed by atoms with Crippen LogP contribution in [0.25, 0.3) is 0 Å². The number of hydrogen-bond donors (Lipinski definition) is 2. The molecule has 0 aliphatic heterocycles. The van der Waals surface area contributed by atoms with Crippen LogP contribution in [0.4, 0.5) is 15.8 Å². The van der Waals surface area contributed by atoms with Crippen molar-refractivity contribution in [2.45, 2.75) is 6.92 Å². The van der Waals surface area contributed by atoms with Crippen LogP contribution >= 0.6 is 0 Å². The number of aryl methyl sites for hydroxylation is 1. The molecule has 5 heteroatoms. The first-order chi connectivity index (χ1) is 9.51. The van der Waals surface area contributed by atoms with E-state index in [1.165, 1.54) is 19.2 Å². The zero-order valence-electron chi connectivity index (χ0n) is 11.2. The Kier molecular flexibility index (Phi) is 3.89. The fourth-order valence-corrected chi connectivity index (χ4v) is 1.80. The van der Waals surface area contributed by atoms with Gasteiger partial charge in [0.05, 0.1) is 18.5 Å². The molecule has 0 aliphatic rings. The summed E-state index contributed by atoms with van der Waals surface area (Å²) in [6.45, 7) is 1.74. The average molecular weight is 274 g/mol. The fourth-order valence-electron chi connectivity index (χ4n) is 1.80. The van der Waals surface area contributed by atoms with Gasteiger partial charge in [0.15, 0.2) is 0 Å². The molecule has 20 heavy (non-hydrogen) atoms. The van der Waals surface area contributed by atoms with Crippen LogP contribution in [-0.2, 0) is 0 Å². The Morgan fingerprint density at radius 2 is 2.00 bits per heavy atom. The molecule has 0 unspecified atom stereocenters. The van der Waals surface area contributed by atoms with Crippen molar-refractivity contribution in [1.29, 1.82) is 0 Å². The largest absolute Gasteiger partial charge is 0.497 e. The smallest absolute Gasteiger partial charge is 0.256 e. The van der Waals surface area contributed by atoms with Crippen LogP contribution in [0.2, 0.25) is 0 Å². The van der Waals surface area contributed by atoms with Gasteiger partial charge in [-0.1, -0.05) is 6.07 Å². The van der Waals surface area contributed by atoms with E-state index in [-0.39, 0.29) is 5.56 Å². The van der Waals surface area contributed by atoms with Gasteiger partial charge in [-0.3, -0.25) is 4.79 Å². The van der Waals surface area contributed by atoms with Gasteiger partial charge in [-0.2, -0.15) is 0 Å². The van der Waals surface area contributed by atoms with Crippen molar-refractivity contribution < 1.29 is 13.9 Å². The van der Waals surface area contributed by atoms with Crippen molar-refractivity contribution in [3.8, 4) is 5.75 Å². The van der Waals surface area contributed by atoms with E-state index >= 15 is 0 Å². The highest BCUT2D eigenvalue weighted by molar-refractivity contribution is 6.06. The van der Waals surface area contributed by atoms with E-state index in [0.717, 1.165) is 0 Å². The maximum atomic E-state index is 13.2. The Labute approximate surface area is 116 Å². The molecule has 2 rings (SSSR count). The van der Waals surface area contributed by atoms with Crippen LogP contribution in [0.5, 0.6) is 5.75 Å². The zero-order chi connectivity index (χ0) is 14.7. The van der Waals surface area contributed by atoms with Gasteiger partial charge in [-0.05, 0) is 36.8 Å². The summed E-state index contributed by atoms with van der Waals surface area (Å²) < 4.78 is 18.3. The number of nitrogens with two attached hydrogens (primary N) is 1. The molecule has 0 atom stereocenters. The molecule has 2 aromatic rings. The minimum Gasteiger partial charge on any atom is -0.497 e. The number of hydrogen-bond acceptors (Lipinski definition) is 3. The number of benzene rings is 2. The first kappa shape index (κ1) is 13.9.